The number of rotatable bonds is 6. The molecular weight excluding hydrogens is 270 g/mol. The number of hydrogen-bond acceptors (Lipinski definition) is 2. The number of halogens is 1. The summed E-state index contributed by atoms with van der Waals surface area (Å²) in [6.07, 6.45) is 9.36. The van der Waals surface area contributed by atoms with Gasteiger partial charge in [0, 0.05) is 24.2 Å². The Morgan fingerprint density at radius 3 is 2.70 bits per heavy atom. The molecular formula is C16H28ClN3. The van der Waals surface area contributed by atoms with Crippen molar-refractivity contribution < 1.29 is 0 Å². The highest BCUT2D eigenvalue weighted by Crippen LogP contribution is 2.27. The van der Waals surface area contributed by atoms with Crippen LogP contribution in [0.2, 0.25) is 0 Å². The van der Waals surface area contributed by atoms with Gasteiger partial charge in [-0.05, 0) is 38.8 Å². The molecule has 1 aromatic heterocycles. The van der Waals surface area contributed by atoms with Crippen LogP contribution in [-0.4, -0.2) is 33.1 Å². The molecule has 1 aliphatic carbocycles. The van der Waals surface area contributed by atoms with Gasteiger partial charge in [0.05, 0.1) is 11.7 Å². The summed E-state index contributed by atoms with van der Waals surface area (Å²) < 4.78 is 2.13. The van der Waals surface area contributed by atoms with Gasteiger partial charge in [-0.1, -0.05) is 26.7 Å². The molecule has 0 aromatic carbocycles. The zero-order chi connectivity index (χ0) is 14.5. The molecule has 114 valence electrons. The lowest BCUT2D eigenvalue weighted by Gasteiger charge is -2.34. The molecule has 1 aliphatic rings. The molecule has 1 heterocycles. The summed E-state index contributed by atoms with van der Waals surface area (Å²) in [6, 6.07) is 3.19. The molecule has 1 fully saturated rings. The predicted octanol–water partition coefficient (Wildman–Crippen LogP) is 4.23. The van der Waals surface area contributed by atoms with E-state index in [0.717, 1.165) is 31.5 Å². The number of aromatic nitrogens is 2. The normalized spacial score (nSPS) is 23.7. The van der Waals surface area contributed by atoms with E-state index < -0.39 is 0 Å². The molecule has 2 rings (SSSR count). The van der Waals surface area contributed by atoms with E-state index in [-0.39, 0.29) is 0 Å². The van der Waals surface area contributed by atoms with E-state index in [1.165, 1.54) is 19.3 Å². The van der Waals surface area contributed by atoms with Gasteiger partial charge in [-0.25, -0.2) is 0 Å². The Labute approximate surface area is 128 Å². The molecule has 0 spiro atoms. The molecule has 0 saturated heterocycles. The molecule has 0 radical (unpaired) electrons. The fraction of sp³-hybridized carbons (Fsp3) is 0.812. The molecule has 0 bridgehead atoms. The molecule has 1 saturated carbocycles. The summed E-state index contributed by atoms with van der Waals surface area (Å²) in [6.45, 7) is 5.35. The second kappa shape index (κ2) is 7.46. The standard InChI is InChI=1S/C16H28ClN3/c1-4-14(5-2)20-11-10-13(18-20)12-19(3)16-9-7-6-8-15(16)17/h10-11,14-16H,4-9,12H2,1-3H3. The first-order valence-electron chi connectivity index (χ1n) is 8.04. The van der Waals surface area contributed by atoms with Crippen molar-refractivity contribution in [1.82, 2.24) is 14.7 Å². The van der Waals surface area contributed by atoms with Crippen LogP contribution in [0.3, 0.4) is 0 Å². The molecule has 0 aliphatic heterocycles. The first kappa shape index (κ1) is 15.8. The fourth-order valence-corrected chi connectivity index (χ4v) is 3.74. The van der Waals surface area contributed by atoms with Gasteiger partial charge in [0.15, 0.2) is 0 Å². The lowest BCUT2D eigenvalue weighted by atomic mass is 9.94. The number of nitrogens with zero attached hydrogens (tertiary/aromatic N) is 3. The van der Waals surface area contributed by atoms with Crippen LogP contribution < -0.4 is 0 Å². The quantitative estimate of drug-likeness (QED) is 0.733. The maximum Gasteiger partial charge on any atom is 0.0764 e. The summed E-state index contributed by atoms with van der Waals surface area (Å²) in [5.74, 6) is 0. The van der Waals surface area contributed by atoms with Crippen molar-refractivity contribution >= 4 is 11.6 Å². The molecule has 20 heavy (non-hydrogen) atoms. The summed E-state index contributed by atoms with van der Waals surface area (Å²) in [5, 5.41) is 5.04. The van der Waals surface area contributed by atoms with Crippen molar-refractivity contribution in [2.75, 3.05) is 7.05 Å². The summed E-state index contributed by atoms with van der Waals surface area (Å²) in [4.78, 5) is 2.39. The maximum absolute atomic E-state index is 6.48. The lowest BCUT2D eigenvalue weighted by molar-refractivity contribution is 0.186. The van der Waals surface area contributed by atoms with Crippen LogP contribution >= 0.6 is 11.6 Å². The van der Waals surface area contributed by atoms with Gasteiger partial charge in [0.25, 0.3) is 0 Å². The first-order chi connectivity index (χ1) is 9.65. The SMILES string of the molecule is CCC(CC)n1ccc(CN(C)C2CCCCC2Cl)n1. The molecule has 4 heteroatoms. The Balaban J connectivity index is 1.95. The van der Waals surface area contributed by atoms with E-state index in [2.05, 4.69) is 42.7 Å². The van der Waals surface area contributed by atoms with E-state index in [1.54, 1.807) is 0 Å². The minimum atomic E-state index is 0.301. The van der Waals surface area contributed by atoms with Gasteiger partial charge in [0.1, 0.15) is 0 Å². The van der Waals surface area contributed by atoms with E-state index in [9.17, 15) is 0 Å². The third-order valence-corrected chi connectivity index (χ3v) is 5.11. The van der Waals surface area contributed by atoms with Gasteiger partial charge in [0.2, 0.25) is 0 Å². The average Bonchev–Trinajstić information content (AvgIpc) is 2.89. The largest absolute Gasteiger partial charge is 0.296 e. The smallest absolute Gasteiger partial charge is 0.0764 e. The second-order valence-electron chi connectivity index (χ2n) is 6.04. The highest BCUT2D eigenvalue weighted by molar-refractivity contribution is 6.21. The zero-order valence-electron chi connectivity index (χ0n) is 13.1. The van der Waals surface area contributed by atoms with Gasteiger partial charge in [-0.2, -0.15) is 5.10 Å². The Kier molecular flexibility index (Phi) is 5.91. The van der Waals surface area contributed by atoms with Gasteiger partial charge < -0.3 is 0 Å². The molecule has 0 amide bonds. The Morgan fingerprint density at radius 1 is 1.35 bits per heavy atom. The molecule has 2 unspecified atom stereocenters. The zero-order valence-corrected chi connectivity index (χ0v) is 13.8. The Morgan fingerprint density at radius 2 is 2.05 bits per heavy atom. The minimum absolute atomic E-state index is 0.301. The number of alkyl halides is 1. The highest BCUT2D eigenvalue weighted by Gasteiger charge is 2.26. The Hall–Kier alpha value is -0.540. The first-order valence-corrected chi connectivity index (χ1v) is 8.47. The van der Waals surface area contributed by atoms with Crippen LogP contribution in [0, 0.1) is 0 Å². The average molecular weight is 298 g/mol. The van der Waals surface area contributed by atoms with Crippen LogP contribution in [0.25, 0.3) is 0 Å². The van der Waals surface area contributed by atoms with E-state index in [0.29, 0.717) is 17.5 Å². The van der Waals surface area contributed by atoms with Crippen molar-refractivity contribution in [3.05, 3.63) is 18.0 Å². The van der Waals surface area contributed by atoms with E-state index in [4.69, 9.17) is 16.7 Å². The molecule has 1 aromatic rings. The monoisotopic (exact) mass is 297 g/mol. The minimum Gasteiger partial charge on any atom is -0.296 e. The maximum atomic E-state index is 6.48. The van der Waals surface area contributed by atoms with Crippen molar-refractivity contribution in [3.8, 4) is 0 Å². The third kappa shape index (κ3) is 3.76. The van der Waals surface area contributed by atoms with E-state index in [1.807, 2.05) is 0 Å². The molecule has 3 nitrogen and oxygen atoms in total. The van der Waals surface area contributed by atoms with E-state index >= 15 is 0 Å². The van der Waals surface area contributed by atoms with Crippen LogP contribution in [0.15, 0.2) is 12.3 Å². The predicted molar refractivity (Wildman–Crippen MR) is 85.2 cm³/mol. The van der Waals surface area contributed by atoms with Gasteiger partial charge >= 0.3 is 0 Å². The fourth-order valence-electron chi connectivity index (χ4n) is 3.26. The Bertz CT molecular complexity index is 400. The summed E-state index contributed by atoms with van der Waals surface area (Å²) in [5.41, 5.74) is 1.16. The van der Waals surface area contributed by atoms with Crippen LogP contribution in [0.5, 0.6) is 0 Å². The summed E-state index contributed by atoms with van der Waals surface area (Å²) in [7, 11) is 2.18. The highest BCUT2D eigenvalue weighted by atomic mass is 35.5. The van der Waals surface area contributed by atoms with Crippen molar-refractivity contribution in [1.29, 1.82) is 0 Å². The van der Waals surface area contributed by atoms with Crippen molar-refractivity contribution in [3.63, 3.8) is 0 Å². The molecule has 0 N–H and O–H groups in total. The van der Waals surface area contributed by atoms with Crippen molar-refractivity contribution in [2.45, 2.75) is 76.4 Å². The lowest BCUT2D eigenvalue weighted by Crippen LogP contribution is -2.40. The van der Waals surface area contributed by atoms with Crippen molar-refractivity contribution in [2.24, 2.45) is 0 Å². The van der Waals surface area contributed by atoms with Gasteiger partial charge in [-0.15, -0.1) is 11.6 Å². The number of hydrogen-bond donors (Lipinski definition) is 0. The van der Waals surface area contributed by atoms with Gasteiger partial charge in [-0.3, -0.25) is 9.58 Å². The van der Waals surface area contributed by atoms with Crippen LogP contribution in [0.4, 0.5) is 0 Å². The van der Waals surface area contributed by atoms with Crippen LogP contribution in [0.1, 0.15) is 64.1 Å². The van der Waals surface area contributed by atoms with Crippen LogP contribution in [-0.2, 0) is 6.54 Å². The summed E-state index contributed by atoms with van der Waals surface area (Å²) >= 11 is 6.48. The molecule has 2 atom stereocenters. The second-order valence-corrected chi connectivity index (χ2v) is 6.60. The third-order valence-electron chi connectivity index (χ3n) is 4.61. The topological polar surface area (TPSA) is 21.1 Å².